The second kappa shape index (κ2) is 18.0. The Balaban J connectivity index is 0.000000240. The van der Waals surface area contributed by atoms with Crippen LogP contribution in [0.15, 0.2) is 146 Å². The van der Waals surface area contributed by atoms with E-state index >= 15 is 0 Å². The molecule has 6 aromatic carbocycles. The van der Waals surface area contributed by atoms with Crippen molar-refractivity contribution < 1.29 is 33.5 Å². The van der Waals surface area contributed by atoms with Gasteiger partial charge in [0.25, 0.3) is 0 Å². The molecule has 0 aromatic heterocycles. The number of hydrogen-bond donors (Lipinski definition) is 0. The van der Waals surface area contributed by atoms with Crippen LogP contribution in [0.25, 0.3) is 0 Å². The maximum absolute atomic E-state index is 2.31. The van der Waals surface area contributed by atoms with Gasteiger partial charge in [-0.05, 0) is 0 Å². The Morgan fingerprint density at radius 2 is 0.370 bits per heavy atom. The first-order valence-electron chi connectivity index (χ1n) is 14.9. The molecule has 0 heterocycles. The number of rotatable bonds is 6. The van der Waals surface area contributed by atoms with Crippen molar-refractivity contribution in [3.63, 3.8) is 0 Å². The Kier molecular flexibility index (Phi) is 14.7. The molecule has 0 amide bonds. The van der Waals surface area contributed by atoms with E-state index in [1.54, 1.807) is 0 Å². The molecule has 4 heteroatoms. The van der Waals surface area contributed by atoms with Gasteiger partial charge in [-0.15, -0.1) is 24.8 Å². The number of benzene rings is 6. The van der Waals surface area contributed by atoms with Crippen molar-refractivity contribution in [2.75, 3.05) is 0 Å². The minimum atomic E-state index is -1.15. The Morgan fingerprint density at radius 3 is 0.500 bits per heavy atom. The van der Waals surface area contributed by atoms with Gasteiger partial charge in [0, 0.05) is 0 Å². The maximum Gasteiger partial charge on any atom is -0.147 e. The molecule has 246 valence electrons. The van der Waals surface area contributed by atoms with Crippen LogP contribution in [0.4, 0.5) is 0 Å². The molecule has 0 aliphatic carbocycles. The van der Waals surface area contributed by atoms with Crippen molar-refractivity contribution in [1.82, 2.24) is 0 Å². The fraction of sp³-hybridized carbons (Fsp3) is 0.143. The summed E-state index contributed by atoms with van der Waals surface area (Å²) in [6.45, 7) is 13.4. The average Bonchev–Trinajstić information content (AvgIpc) is 3.03. The molecule has 0 fully saturated rings. The number of hydrogen-bond acceptors (Lipinski definition) is 0. The quantitative estimate of drug-likeness (QED) is 0.150. The Hall–Kier alpha value is -2.78. The predicted molar refractivity (Wildman–Crippen MR) is 199 cm³/mol. The molecular weight excluding hydrogens is 788 g/mol. The monoisotopic (exact) mass is 830 g/mol. The summed E-state index contributed by atoms with van der Waals surface area (Å²) in [6.07, 6.45) is 0. The molecule has 0 aliphatic heterocycles. The van der Waals surface area contributed by atoms with Crippen LogP contribution >= 0.6 is 24.8 Å². The van der Waals surface area contributed by atoms with Crippen molar-refractivity contribution in [3.05, 3.63) is 179 Å². The van der Waals surface area contributed by atoms with Crippen LogP contribution in [0.1, 0.15) is 33.4 Å². The third-order valence-corrected chi connectivity index (χ3v) is 17.5. The van der Waals surface area contributed by atoms with Crippen molar-refractivity contribution in [2.24, 2.45) is 0 Å². The van der Waals surface area contributed by atoms with Gasteiger partial charge in [-0.3, -0.25) is 0 Å². The molecule has 6 rings (SSSR count). The molecule has 0 radical (unpaired) electrons. The summed E-state index contributed by atoms with van der Waals surface area (Å²) >= 11 is -2.30. The van der Waals surface area contributed by atoms with Crippen LogP contribution < -0.4 is 24.2 Å². The van der Waals surface area contributed by atoms with E-state index in [9.17, 15) is 0 Å². The minimum Gasteiger partial charge on any atom is -0.147 e. The zero-order chi connectivity index (χ0) is 31.1. The number of aryl methyl sites for hydroxylation is 6. The fourth-order valence-electron chi connectivity index (χ4n) is 4.85. The van der Waals surface area contributed by atoms with Crippen molar-refractivity contribution in [1.29, 1.82) is 0 Å². The van der Waals surface area contributed by atoms with E-state index in [0.717, 1.165) is 0 Å². The van der Waals surface area contributed by atoms with Gasteiger partial charge in [-0.1, -0.05) is 0 Å². The Bertz CT molecular complexity index is 1510. The van der Waals surface area contributed by atoms with Crippen LogP contribution in [0, 0.1) is 41.5 Å². The molecule has 0 unspecified atom stereocenters. The first kappa shape index (κ1) is 37.7. The van der Waals surface area contributed by atoms with Gasteiger partial charge >= 0.3 is 278 Å². The normalized spacial score (nSPS) is 10.8. The molecule has 0 saturated carbocycles. The summed E-state index contributed by atoms with van der Waals surface area (Å²) in [5.74, 6) is 0. The Labute approximate surface area is 300 Å². The van der Waals surface area contributed by atoms with Gasteiger partial charge in [0.15, 0.2) is 0 Å². The molecule has 0 spiro atoms. The largest absolute Gasteiger partial charge is 0.147 e. The molecule has 0 bridgehead atoms. The van der Waals surface area contributed by atoms with Gasteiger partial charge in [-0.2, -0.15) is 0 Å². The molecule has 0 nitrogen and oxygen atoms in total. The van der Waals surface area contributed by atoms with Gasteiger partial charge in [-0.25, -0.2) is 0 Å². The molecule has 0 aliphatic rings. The van der Waals surface area contributed by atoms with E-state index in [-0.39, 0.29) is 24.8 Å². The predicted octanol–water partition coefficient (Wildman–Crippen LogP) is 7.86. The topological polar surface area (TPSA) is 0 Å². The SMILES string of the molecule is Cc1cccc[c]1[Pd]([c]1ccccc1C)[c]1ccccc1C.Cc1cccc[c]1[Pd]([c]1ccccc1C)[c]1ccccc1C.Cl.Cl. The van der Waals surface area contributed by atoms with Crippen LogP contribution in [0.2, 0.25) is 0 Å². The minimum absolute atomic E-state index is 0. The fourth-order valence-corrected chi connectivity index (χ4v) is 14.5. The Morgan fingerprint density at radius 1 is 0.239 bits per heavy atom. The summed E-state index contributed by atoms with van der Waals surface area (Å²) in [4.78, 5) is 0. The van der Waals surface area contributed by atoms with Crippen LogP contribution in [-0.2, 0) is 33.5 Å². The van der Waals surface area contributed by atoms with Gasteiger partial charge in [0.05, 0.1) is 0 Å². The summed E-state index contributed by atoms with van der Waals surface area (Å²) in [6, 6.07) is 53.2. The second-order valence-corrected chi connectivity index (χ2v) is 18.1. The number of halogens is 2. The first-order valence-corrected chi connectivity index (χ1v) is 19.6. The van der Waals surface area contributed by atoms with Gasteiger partial charge in [0.1, 0.15) is 0 Å². The molecule has 0 N–H and O–H groups in total. The van der Waals surface area contributed by atoms with Crippen molar-refractivity contribution in [3.8, 4) is 0 Å². The maximum atomic E-state index is 2.31. The average molecular weight is 833 g/mol. The molecule has 0 atom stereocenters. The molecular formula is C42H44Cl2Pd2. The zero-order valence-electron chi connectivity index (χ0n) is 27.3. The van der Waals surface area contributed by atoms with Crippen LogP contribution in [0.3, 0.4) is 0 Å². The third-order valence-electron chi connectivity index (χ3n) is 7.27. The zero-order valence-corrected chi connectivity index (χ0v) is 32.0. The van der Waals surface area contributed by atoms with E-state index in [0.29, 0.717) is 0 Å². The second-order valence-electron chi connectivity index (χ2n) is 10.8. The summed E-state index contributed by atoms with van der Waals surface area (Å²) in [5.41, 5.74) is 8.39. The summed E-state index contributed by atoms with van der Waals surface area (Å²) < 4.78 is 9.07. The molecule has 46 heavy (non-hydrogen) atoms. The van der Waals surface area contributed by atoms with Crippen LogP contribution in [-0.4, -0.2) is 0 Å². The van der Waals surface area contributed by atoms with E-state index < -0.39 is 33.5 Å². The molecule has 0 saturated heterocycles. The van der Waals surface area contributed by atoms with E-state index in [4.69, 9.17) is 0 Å². The first-order chi connectivity index (χ1) is 21.4. The van der Waals surface area contributed by atoms with Crippen LogP contribution in [0.5, 0.6) is 0 Å². The third kappa shape index (κ3) is 8.77. The smallest absolute Gasteiger partial charge is 0.147 e. The van der Waals surface area contributed by atoms with Crippen molar-refractivity contribution >= 4 is 49.0 Å². The van der Waals surface area contributed by atoms with Gasteiger partial charge < -0.3 is 0 Å². The van der Waals surface area contributed by atoms with Crippen molar-refractivity contribution in [2.45, 2.75) is 41.5 Å². The summed E-state index contributed by atoms with van der Waals surface area (Å²) in [7, 11) is 0. The van der Waals surface area contributed by atoms with Gasteiger partial charge in [0.2, 0.25) is 0 Å². The standard InChI is InChI=1S/6C7H7.2ClH.2Pd/c6*1-7-5-3-2-4-6-7;;;;/h6*2-5H,1H3;2*1H;;. The van der Waals surface area contributed by atoms with E-state index in [2.05, 4.69) is 187 Å². The molecule has 6 aromatic rings. The summed E-state index contributed by atoms with van der Waals surface area (Å²) in [5, 5.41) is 0. The van der Waals surface area contributed by atoms with E-state index in [1.165, 1.54) is 57.6 Å². The van der Waals surface area contributed by atoms with E-state index in [1.807, 2.05) is 0 Å².